The van der Waals surface area contributed by atoms with Gasteiger partial charge in [0.25, 0.3) is 5.91 Å². The minimum absolute atomic E-state index is 0.109. The van der Waals surface area contributed by atoms with Crippen LogP contribution < -0.4 is 0 Å². The van der Waals surface area contributed by atoms with E-state index in [1.54, 1.807) is 6.33 Å². The number of hydrogen-bond acceptors (Lipinski definition) is 3. The van der Waals surface area contributed by atoms with Crippen molar-refractivity contribution in [1.82, 2.24) is 19.7 Å². The van der Waals surface area contributed by atoms with E-state index in [4.69, 9.17) is 0 Å². The van der Waals surface area contributed by atoms with Crippen molar-refractivity contribution in [3.05, 3.63) is 47.0 Å². The highest BCUT2D eigenvalue weighted by Crippen LogP contribution is 2.23. The molecule has 0 radical (unpaired) electrons. The van der Waals surface area contributed by atoms with Gasteiger partial charge in [0.15, 0.2) is 0 Å². The van der Waals surface area contributed by atoms with Gasteiger partial charge in [0.2, 0.25) is 0 Å². The van der Waals surface area contributed by atoms with E-state index >= 15 is 0 Å². The summed E-state index contributed by atoms with van der Waals surface area (Å²) >= 11 is 0. The van der Waals surface area contributed by atoms with Gasteiger partial charge >= 0.3 is 0 Å². The number of carbonyl (C=O) groups excluding carboxylic acids is 1. The van der Waals surface area contributed by atoms with Gasteiger partial charge in [-0.3, -0.25) is 4.79 Å². The summed E-state index contributed by atoms with van der Waals surface area (Å²) in [6.07, 6.45) is 6.31. The Morgan fingerprint density at radius 2 is 1.95 bits per heavy atom. The SMILES string of the molecule is O=C(c1ccc2c(c1)CCCC2)N1CCn2ncnc2C1. The quantitative estimate of drug-likeness (QED) is 0.801. The number of benzene rings is 1. The molecule has 0 unspecified atom stereocenters. The molecule has 2 aliphatic rings. The topological polar surface area (TPSA) is 51.0 Å². The van der Waals surface area contributed by atoms with E-state index in [9.17, 15) is 4.79 Å². The molecule has 1 aromatic heterocycles. The normalized spacial score (nSPS) is 17.2. The van der Waals surface area contributed by atoms with E-state index in [0.29, 0.717) is 13.1 Å². The highest BCUT2D eigenvalue weighted by atomic mass is 16.2. The Kier molecular flexibility index (Phi) is 2.98. The lowest BCUT2D eigenvalue weighted by atomic mass is 9.90. The maximum absolute atomic E-state index is 12.7. The fraction of sp³-hybridized carbons (Fsp3) is 0.438. The minimum atomic E-state index is 0.109. The van der Waals surface area contributed by atoms with Gasteiger partial charge in [-0.2, -0.15) is 5.10 Å². The zero-order valence-corrected chi connectivity index (χ0v) is 12.0. The van der Waals surface area contributed by atoms with Crippen LogP contribution in [0.1, 0.15) is 40.2 Å². The van der Waals surface area contributed by atoms with Crippen LogP contribution in [-0.4, -0.2) is 32.1 Å². The maximum Gasteiger partial charge on any atom is 0.254 e. The summed E-state index contributed by atoms with van der Waals surface area (Å²) in [6, 6.07) is 6.20. The first-order chi connectivity index (χ1) is 10.3. The monoisotopic (exact) mass is 282 g/mol. The lowest BCUT2D eigenvalue weighted by Gasteiger charge is -2.27. The van der Waals surface area contributed by atoms with Gasteiger partial charge in [-0.15, -0.1) is 0 Å². The Bertz CT molecular complexity index is 691. The molecular weight excluding hydrogens is 264 g/mol. The van der Waals surface area contributed by atoms with Crippen LogP contribution in [-0.2, 0) is 25.9 Å². The molecule has 4 rings (SSSR count). The van der Waals surface area contributed by atoms with Crippen molar-refractivity contribution in [3.63, 3.8) is 0 Å². The Labute approximate surface area is 123 Å². The van der Waals surface area contributed by atoms with Gasteiger partial charge in [0, 0.05) is 12.1 Å². The maximum atomic E-state index is 12.7. The number of aromatic nitrogens is 3. The van der Waals surface area contributed by atoms with Crippen molar-refractivity contribution >= 4 is 5.91 Å². The summed E-state index contributed by atoms with van der Waals surface area (Å²) in [6.45, 7) is 1.98. The van der Waals surface area contributed by atoms with Crippen LogP contribution in [0.15, 0.2) is 24.5 Å². The fourth-order valence-electron chi connectivity index (χ4n) is 3.28. The zero-order chi connectivity index (χ0) is 14.2. The summed E-state index contributed by atoms with van der Waals surface area (Å²) in [7, 11) is 0. The molecule has 0 atom stereocenters. The molecule has 0 spiro atoms. The lowest BCUT2D eigenvalue weighted by molar-refractivity contribution is 0.0702. The molecule has 1 amide bonds. The van der Waals surface area contributed by atoms with Crippen molar-refractivity contribution in [2.75, 3.05) is 6.54 Å². The van der Waals surface area contributed by atoms with E-state index in [-0.39, 0.29) is 5.91 Å². The molecule has 2 heterocycles. The Balaban J connectivity index is 1.58. The lowest BCUT2D eigenvalue weighted by Crippen LogP contribution is -2.38. The molecule has 5 nitrogen and oxygen atoms in total. The largest absolute Gasteiger partial charge is 0.329 e. The molecule has 0 saturated carbocycles. The first kappa shape index (κ1) is 12.6. The van der Waals surface area contributed by atoms with Crippen molar-refractivity contribution in [3.8, 4) is 0 Å². The molecule has 0 N–H and O–H groups in total. The van der Waals surface area contributed by atoms with E-state index in [2.05, 4.69) is 22.2 Å². The van der Waals surface area contributed by atoms with Crippen LogP contribution in [0.3, 0.4) is 0 Å². The second-order valence-corrected chi connectivity index (χ2v) is 5.82. The standard InChI is InChI=1S/C16H18N4O/c21-16(19-7-8-20-15(10-19)17-11-18-20)14-6-5-12-3-1-2-4-13(12)9-14/h5-6,9,11H,1-4,7-8,10H2. The number of nitrogens with zero attached hydrogens (tertiary/aromatic N) is 4. The van der Waals surface area contributed by atoms with E-state index in [1.807, 2.05) is 15.6 Å². The number of amides is 1. The second-order valence-electron chi connectivity index (χ2n) is 5.82. The third-order valence-corrected chi connectivity index (χ3v) is 4.49. The number of carbonyl (C=O) groups is 1. The summed E-state index contributed by atoms with van der Waals surface area (Å²) in [5, 5.41) is 4.15. The molecule has 5 heteroatoms. The van der Waals surface area contributed by atoms with Gasteiger partial charge in [-0.05, 0) is 48.9 Å². The third kappa shape index (κ3) is 2.22. The molecule has 21 heavy (non-hydrogen) atoms. The summed E-state index contributed by atoms with van der Waals surface area (Å²) in [4.78, 5) is 18.8. The summed E-state index contributed by atoms with van der Waals surface area (Å²) in [5.74, 6) is 0.977. The van der Waals surface area contributed by atoms with Crippen LogP contribution in [0, 0.1) is 0 Å². The van der Waals surface area contributed by atoms with Crippen molar-refractivity contribution in [2.45, 2.75) is 38.8 Å². The average Bonchev–Trinajstić information content (AvgIpc) is 3.01. The number of hydrogen-bond donors (Lipinski definition) is 0. The smallest absolute Gasteiger partial charge is 0.254 e. The van der Waals surface area contributed by atoms with E-state index < -0.39 is 0 Å². The number of aryl methyl sites for hydroxylation is 2. The first-order valence-corrected chi connectivity index (χ1v) is 7.59. The van der Waals surface area contributed by atoms with Crippen molar-refractivity contribution in [1.29, 1.82) is 0 Å². The highest BCUT2D eigenvalue weighted by Gasteiger charge is 2.23. The predicted octanol–water partition coefficient (Wildman–Crippen LogP) is 1.81. The Morgan fingerprint density at radius 3 is 2.86 bits per heavy atom. The summed E-state index contributed by atoms with van der Waals surface area (Å²) in [5.41, 5.74) is 3.58. The van der Waals surface area contributed by atoms with Crippen molar-refractivity contribution in [2.24, 2.45) is 0 Å². The molecule has 0 bridgehead atoms. The molecule has 1 aliphatic heterocycles. The molecule has 0 saturated heterocycles. The van der Waals surface area contributed by atoms with E-state index in [1.165, 1.54) is 24.0 Å². The second kappa shape index (κ2) is 4.98. The number of rotatable bonds is 1. The Morgan fingerprint density at radius 1 is 1.10 bits per heavy atom. The van der Waals surface area contributed by atoms with Crippen LogP contribution in [0.25, 0.3) is 0 Å². The zero-order valence-electron chi connectivity index (χ0n) is 12.0. The van der Waals surface area contributed by atoms with Gasteiger partial charge in [-0.25, -0.2) is 9.67 Å². The highest BCUT2D eigenvalue weighted by molar-refractivity contribution is 5.94. The van der Waals surface area contributed by atoms with Crippen LogP contribution in [0.2, 0.25) is 0 Å². The molecule has 1 aliphatic carbocycles. The average molecular weight is 282 g/mol. The van der Waals surface area contributed by atoms with Gasteiger partial charge in [0.1, 0.15) is 12.2 Å². The van der Waals surface area contributed by atoms with Gasteiger partial charge < -0.3 is 4.90 Å². The summed E-state index contributed by atoms with van der Waals surface area (Å²) < 4.78 is 1.87. The van der Waals surface area contributed by atoms with Crippen molar-refractivity contribution < 1.29 is 4.79 Å². The third-order valence-electron chi connectivity index (χ3n) is 4.49. The minimum Gasteiger partial charge on any atom is -0.329 e. The molecule has 1 aromatic carbocycles. The van der Waals surface area contributed by atoms with Crippen LogP contribution >= 0.6 is 0 Å². The number of fused-ring (bicyclic) bond motifs is 2. The van der Waals surface area contributed by atoms with Gasteiger partial charge in [-0.1, -0.05) is 6.07 Å². The molecular formula is C16H18N4O. The van der Waals surface area contributed by atoms with E-state index in [0.717, 1.165) is 30.8 Å². The molecule has 0 fully saturated rings. The first-order valence-electron chi connectivity index (χ1n) is 7.59. The van der Waals surface area contributed by atoms with Gasteiger partial charge in [0.05, 0.1) is 13.1 Å². The fourth-order valence-corrected chi connectivity index (χ4v) is 3.28. The predicted molar refractivity (Wildman–Crippen MR) is 77.8 cm³/mol. The van der Waals surface area contributed by atoms with Crippen LogP contribution in [0.4, 0.5) is 0 Å². The molecule has 108 valence electrons. The Hall–Kier alpha value is -2.17. The van der Waals surface area contributed by atoms with Crippen LogP contribution in [0.5, 0.6) is 0 Å². The molecule has 2 aromatic rings.